The molecule has 0 spiro atoms. The molecule has 0 atom stereocenters. The first-order valence-electron chi connectivity index (χ1n) is 7.84. The third-order valence-corrected chi connectivity index (χ3v) is 4.15. The second kappa shape index (κ2) is 7.28. The standard InChI is InChI=1S/C17H21N3O3/c18-16-10-15(19-23-16)14-6-8-20(9-7-14)17(21)12-22-11-13-4-2-1-3-5-13/h1-5,10,14H,6-9,11-12,18H2. The zero-order chi connectivity index (χ0) is 16.1. The Kier molecular flexibility index (Phi) is 4.92. The summed E-state index contributed by atoms with van der Waals surface area (Å²) < 4.78 is 10.4. The van der Waals surface area contributed by atoms with Crippen LogP contribution in [0.2, 0.25) is 0 Å². The van der Waals surface area contributed by atoms with Crippen molar-refractivity contribution in [2.24, 2.45) is 0 Å². The lowest BCUT2D eigenvalue weighted by atomic mass is 9.93. The fraction of sp³-hybridized carbons (Fsp3) is 0.412. The van der Waals surface area contributed by atoms with E-state index in [2.05, 4.69) is 5.16 Å². The van der Waals surface area contributed by atoms with Crippen molar-refractivity contribution in [3.8, 4) is 0 Å². The number of amides is 1. The highest BCUT2D eigenvalue weighted by atomic mass is 16.5. The van der Waals surface area contributed by atoms with Gasteiger partial charge in [0.1, 0.15) is 6.61 Å². The number of benzene rings is 1. The molecule has 2 heterocycles. The fourth-order valence-electron chi connectivity index (χ4n) is 2.84. The molecule has 1 aromatic heterocycles. The number of nitrogens with zero attached hydrogens (tertiary/aromatic N) is 2. The predicted octanol–water partition coefficient (Wildman–Crippen LogP) is 2.18. The van der Waals surface area contributed by atoms with E-state index in [0.29, 0.717) is 31.5 Å². The quantitative estimate of drug-likeness (QED) is 0.914. The molecule has 1 amide bonds. The highest BCUT2D eigenvalue weighted by molar-refractivity contribution is 5.77. The Bertz CT molecular complexity index is 634. The number of piperidine rings is 1. The lowest BCUT2D eigenvalue weighted by molar-refractivity contribution is -0.137. The van der Waals surface area contributed by atoms with Gasteiger partial charge in [0, 0.05) is 25.1 Å². The maximum atomic E-state index is 12.2. The van der Waals surface area contributed by atoms with Gasteiger partial charge in [0.2, 0.25) is 11.8 Å². The van der Waals surface area contributed by atoms with Crippen LogP contribution in [0.3, 0.4) is 0 Å². The summed E-state index contributed by atoms with van der Waals surface area (Å²) in [4.78, 5) is 14.0. The molecule has 3 rings (SSSR count). The molecule has 0 bridgehead atoms. The van der Waals surface area contributed by atoms with E-state index in [0.717, 1.165) is 24.1 Å². The summed E-state index contributed by atoms with van der Waals surface area (Å²) in [7, 11) is 0. The van der Waals surface area contributed by atoms with Gasteiger partial charge >= 0.3 is 0 Å². The van der Waals surface area contributed by atoms with E-state index in [9.17, 15) is 4.79 Å². The molecule has 23 heavy (non-hydrogen) atoms. The molecule has 122 valence electrons. The van der Waals surface area contributed by atoms with Gasteiger partial charge in [0.05, 0.1) is 12.3 Å². The fourth-order valence-corrected chi connectivity index (χ4v) is 2.84. The van der Waals surface area contributed by atoms with Gasteiger partial charge in [-0.1, -0.05) is 35.5 Å². The molecule has 6 nitrogen and oxygen atoms in total. The summed E-state index contributed by atoms with van der Waals surface area (Å²) in [6.07, 6.45) is 1.74. The molecular weight excluding hydrogens is 294 g/mol. The van der Waals surface area contributed by atoms with E-state index in [1.807, 2.05) is 35.2 Å². The van der Waals surface area contributed by atoms with Gasteiger partial charge in [-0.15, -0.1) is 0 Å². The molecule has 1 aliphatic heterocycles. The van der Waals surface area contributed by atoms with Crippen LogP contribution in [0, 0.1) is 0 Å². The van der Waals surface area contributed by atoms with E-state index in [-0.39, 0.29) is 12.5 Å². The SMILES string of the molecule is Nc1cc(C2CCN(C(=O)COCc3ccccc3)CC2)no1. The Morgan fingerprint density at radius 1 is 1.30 bits per heavy atom. The molecule has 0 aliphatic carbocycles. The van der Waals surface area contributed by atoms with Gasteiger partial charge in [-0.3, -0.25) is 4.79 Å². The summed E-state index contributed by atoms with van der Waals surface area (Å²) in [5, 5.41) is 3.96. The van der Waals surface area contributed by atoms with Crippen LogP contribution in [0.1, 0.15) is 30.0 Å². The molecule has 1 aromatic carbocycles. The largest absolute Gasteiger partial charge is 0.368 e. The average Bonchev–Trinajstić information content (AvgIpc) is 3.02. The molecule has 1 fully saturated rings. The Labute approximate surface area is 135 Å². The highest BCUT2D eigenvalue weighted by Gasteiger charge is 2.25. The van der Waals surface area contributed by atoms with Crippen LogP contribution >= 0.6 is 0 Å². The number of anilines is 1. The molecule has 0 saturated carbocycles. The number of carbonyl (C=O) groups excluding carboxylic acids is 1. The molecule has 1 saturated heterocycles. The van der Waals surface area contributed by atoms with E-state index in [1.54, 1.807) is 6.07 Å². The maximum Gasteiger partial charge on any atom is 0.248 e. The van der Waals surface area contributed by atoms with Crippen molar-refractivity contribution in [1.29, 1.82) is 0 Å². The van der Waals surface area contributed by atoms with Crippen molar-refractivity contribution in [2.75, 3.05) is 25.4 Å². The second-order valence-electron chi connectivity index (χ2n) is 5.79. The number of nitrogen functional groups attached to an aromatic ring is 1. The molecule has 0 unspecified atom stereocenters. The summed E-state index contributed by atoms with van der Waals surface area (Å²) in [6.45, 7) is 2.01. The first-order valence-corrected chi connectivity index (χ1v) is 7.84. The monoisotopic (exact) mass is 315 g/mol. The van der Waals surface area contributed by atoms with Gasteiger partial charge in [-0.2, -0.15) is 0 Å². The Morgan fingerprint density at radius 2 is 2.04 bits per heavy atom. The van der Waals surface area contributed by atoms with Gasteiger partial charge in [-0.25, -0.2) is 0 Å². The summed E-state index contributed by atoms with van der Waals surface area (Å²) in [6, 6.07) is 11.6. The topological polar surface area (TPSA) is 81.6 Å². The van der Waals surface area contributed by atoms with Crippen molar-refractivity contribution in [3.05, 3.63) is 47.7 Å². The Morgan fingerprint density at radius 3 is 2.70 bits per heavy atom. The van der Waals surface area contributed by atoms with Crippen molar-refractivity contribution >= 4 is 11.8 Å². The third kappa shape index (κ3) is 4.10. The number of hydrogen-bond donors (Lipinski definition) is 1. The molecule has 2 N–H and O–H groups in total. The number of nitrogens with two attached hydrogens (primary N) is 1. The van der Waals surface area contributed by atoms with Crippen LogP contribution in [0.4, 0.5) is 5.88 Å². The number of hydrogen-bond acceptors (Lipinski definition) is 5. The zero-order valence-electron chi connectivity index (χ0n) is 13.0. The van der Waals surface area contributed by atoms with Crippen molar-refractivity contribution in [3.63, 3.8) is 0 Å². The number of aromatic nitrogens is 1. The molecular formula is C17H21N3O3. The minimum Gasteiger partial charge on any atom is -0.368 e. The highest BCUT2D eigenvalue weighted by Crippen LogP contribution is 2.28. The number of rotatable bonds is 5. The van der Waals surface area contributed by atoms with Gasteiger partial charge in [0.15, 0.2) is 0 Å². The third-order valence-electron chi connectivity index (χ3n) is 4.15. The number of ether oxygens (including phenoxy) is 1. The normalized spacial score (nSPS) is 15.7. The summed E-state index contributed by atoms with van der Waals surface area (Å²) in [5.41, 5.74) is 7.51. The van der Waals surface area contributed by atoms with Gasteiger partial charge < -0.3 is 19.9 Å². The molecule has 0 radical (unpaired) electrons. The van der Waals surface area contributed by atoms with E-state index < -0.39 is 0 Å². The van der Waals surface area contributed by atoms with Crippen LogP contribution in [0.25, 0.3) is 0 Å². The average molecular weight is 315 g/mol. The van der Waals surface area contributed by atoms with E-state index in [1.165, 1.54) is 0 Å². The minimum atomic E-state index is 0.0408. The van der Waals surface area contributed by atoms with Crippen molar-refractivity contribution in [1.82, 2.24) is 10.1 Å². The molecule has 6 heteroatoms. The van der Waals surface area contributed by atoms with Crippen molar-refractivity contribution < 1.29 is 14.1 Å². The number of carbonyl (C=O) groups is 1. The molecule has 1 aliphatic rings. The number of likely N-dealkylation sites (tertiary alicyclic amines) is 1. The lowest BCUT2D eigenvalue weighted by Gasteiger charge is -2.31. The maximum absolute atomic E-state index is 12.2. The second-order valence-corrected chi connectivity index (χ2v) is 5.79. The molecule has 2 aromatic rings. The van der Waals surface area contributed by atoms with Gasteiger partial charge in [-0.05, 0) is 18.4 Å². The van der Waals surface area contributed by atoms with E-state index in [4.69, 9.17) is 15.0 Å². The van der Waals surface area contributed by atoms with Crippen LogP contribution in [0.15, 0.2) is 40.9 Å². The van der Waals surface area contributed by atoms with Crippen LogP contribution in [0.5, 0.6) is 0 Å². The van der Waals surface area contributed by atoms with E-state index >= 15 is 0 Å². The smallest absolute Gasteiger partial charge is 0.248 e. The van der Waals surface area contributed by atoms with Crippen LogP contribution in [-0.4, -0.2) is 35.7 Å². The Balaban J connectivity index is 1.41. The summed E-state index contributed by atoms with van der Waals surface area (Å²) in [5.74, 6) is 0.692. The van der Waals surface area contributed by atoms with Gasteiger partial charge in [0.25, 0.3) is 0 Å². The predicted molar refractivity (Wildman–Crippen MR) is 85.6 cm³/mol. The lowest BCUT2D eigenvalue weighted by Crippen LogP contribution is -2.40. The first kappa shape index (κ1) is 15.6. The van der Waals surface area contributed by atoms with Crippen molar-refractivity contribution in [2.45, 2.75) is 25.4 Å². The zero-order valence-corrected chi connectivity index (χ0v) is 13.0. The first-order chi connectivity index (χ1) is 11.2. The van der Waals surface area contributed by atoms with Crippen LogP contribution in [-0.2, 0) is 16.1 Å². The minimum absolute atomic E-state index is 0.0408. The Hall–Kier alpha value is -2.34. The van der Waals surface area contributed by atoms with Crippen LogP contribution < -0.4 is 5.73 Å². The summed E-state index contributed by atoms with van der Waals surface area (Å²) >= 11 is 0.